The maximum atomic E-state index is 12.2. The van der Waals surface area contributed by atoms with Gasteiger partial charge in [0.25, 0.3) is 5.91 Å². The van der Waals surface area contributed by atoms with Crippen LogP contribution in [0.5, 0.6) is 23.0 Å². The third kappa shape index (κ3) is 8.05. The molecular formula is C27H28N2O7. The van der Waals surface area contributed by atoms with Crippen LogP contribution in [0, 0.1) is 0 Å². The van der Waals surface area contributed by atoms with Gasteiger partial charge in [0.2, 0.25) is 5.91 Å². The number of anilines is 2. The van der Waals surface area contributed by atoms with Crippen molar-refractivity contribution in [1.29, 1.82) is 0 Å². The van der Waals surface area contributed by atoms with Gasteiger partial charge in [0, 0.05) is 18.5 Å². The number of methoxy groups -OCH3 is 2. The lowest BCUT2D eigenvalue weighted by atomic mass is 10.2. The monoisotopic (exact) mass is 492 g/mol. The van der Waals surface area contributed by atoms with Crippen molar-refractivity contribution in [3.63, 3.8) is 0 Å². The van der Waals surface area contributed by atoms with E-state index in [1.54, 1.807) is 67.8 Å². The number of para-hydroxylation sites is 4. The lowest BCUT2D eigenvalue weighted by Gasteiger charge is -2.11. The van der Waals surface area contributed by atoms with E-state index in [1.165, 1.54) is 7.11 Å². The zero-order chi connectivity index (χ0) is 25.8. The molecule has 36 heavy (non-hydrogen) atoms. The van der Waals surface area contributed by atoms with E-state index in [0.717, 1.165) is 0 Å². The smallest absolute Gasteiger partial charge is 0.306 e. The molecule has 0 saturated heterocycles. The van der Waals surface area contributed by atoms with E-state index < -0.39 is 18.5 Å². The molecule has 0 aromatic heterocycles. The van der Waals surface area contributed by atoms with Gasteiger partial charge in [-0.2, -0.15) is 0 Å². The van der Waals surface area contributed by atoms with Gasteiger partial charge in [-0.1, -0.05) is 24.3 Å². The van der Waals surface area contributed by atoms with Crippen LogP contribution in [0.25, 0.3) is 0 Å². The van der Waals surface area contributed by atoms with Crippen LogP contribution in [0.1, 0.15) is 19.3 Å². The van der Waals surface area contributed by atoms with E-state index in [2.05, 4.69) is 10.6 Å². The second-order valence-electron chi connectivity index (χ2n) is 7.59. The molecule has 0 aliphatic heterocycles. The Morgan fingerprint density at radius 1 is 0.694 bits per heavy atom. The van der Waals surface area contributed by atoms with Crippen LogP contribution in [-0.2, 0) is 19.1 Å². The average molecular weight is 493 g/mol. The fraction of sp³-hybridized carbons (Fsp3) is 0.222. The molecule has 0 saturated carbocycles. The maximum Gasteiger partial charge on any atom is 0.306 e. The molecule has 3 aromatic rings. The molecule has 3 rings (SSSR count). The zero-order valence-electron chi connectivity index (χ0n) is 20.1. The van der Waals surface area contributed by atoms with Gasteiger partial charge in [0.15, 0.2) is 18.1 Å². The molecule has 188 valence electrons. The molecule has 0 atom stereocenters. The lowest BCUT2D eigenvalue weighted by Crippen LogP contribution is -2.21. The van der Waals surface area contributed by atoms with Gasteiger partial charge in [-0.05, 0) is 55.0 Å². The van der Waals surface area contributed by atoms with Crippen molar-refractivity contribution in [3.05, 3.63) is 72.8 Å². The molecule has 9 nitrogen and oxygen atoms in total. The fourth-order valence-electron chi connectivity index (χ4n) is 3.21. The number of amides is 2. The summed E-state index contributed by atoms with van der Waals surface area (Å²) in [5.74, 6) is 1.01. The third-order valence-electron chi connectivity index (χ3n) is 4.97. The van der Waals surface area contributed by atoms with Crippen LogP contribution >= 0.6 is 0 Å². The number of benzene rings is 3. The highest BCUT2D eigenvalue weighted by atomic mass is 16.5. The standard InChI is InChI=1S/C27H28N2O7/c1-33-22-9-4-3-8-21(22)29-26(31)18-35-27(32)13-7-12-25(30)28-19-14-16-20(17-15-19)36-24-11-6-5-10-23(24)34-2/h3-6,8-11,14-17H,7,12-13,18H2,1-2H3,(H,28,30)(H,29,31). The fourth-order valence-corrected chi connectivity index (χ4v) is 3.21. The average Bonchev–Trinajstić information content (AvgIpc) is 2.89. The van der Waals surface area contributed by atoms with Crippen LogP contribution < -0.4 is 24.8 Å². The summed E-state index contributed by atoms with van der Waals surface area (Å²) in [6, 6.07) is 21.1. The van der Waals surface area contributed by atoms with Crippen molar-refractivity contribution >= 4 is 29.2 Å². The second kappa shape index (κ2) is 13.4. The Hall–Kier alpha value is -4.53. The molecule has 2 N–H and O–H groups in total. The van der Waals surface area contributed by atoms with Crippen molar-refractivity contribution in [3.8, 4) is 23.0 Å². The minimum atomic E-state index is -0.559. The van der Waals surface area contributed by atoms with E-state index >= 15 is 0 Å². The van der Waals surface area contributed by atoms with Gasteiger partial charge in [0.1, 0.15) is 11.5 Å². The largest absolute Gasteiger partial charge is 0.495 e. The van der Waals surface area contributed by atoms with Gasteiger partial charge >= 0.3 is 5.97 Å². The highest BCUT2D eigenvalue weighted by Gasteiger charge is 2.12. The lowest BCUT2D eigenvalue weighted by molar-refractivity contribution is -0.147. The van der Waals surface area contributed by atoms with Crippen molar-refractivity contribution in [1.82, 2.24) is 0 Å². The van der Waals surface area contributed by atoms with Gasteiger partial charge in [-0.3, -0.25) is 14.4 Å². The third-order valence-corrected chi connectivity index (χ3v) is 4.97. The van der Waals surface area contributed by atoms with E-state index in [9.17, 15) is 14.4 Å². The molecule has 0 aliphatic carbocycles. The predicted octanol–water partition coefficient (Wildman–Crippen LogP) is 4.79. The zero-order valence-corrected chi connectivity index (χ0v) is 20.1. The molecule has 0 unspecified atom stereocenters. The number of nitrogens with one attached hydrogen (secondary N) is 2. The van der Waals surface area contributed by atoms with Crippen LogP contribution in [0.15, 0.2) is 72.8 Å². The van der Waals surface area contributed by atoms with E-state index in [1.807, 2.05) is 12.1 Å². The molecule has 2 amide bonds. The first-order valence-electron chi connectivity index (χ1n) is 11.3. The Balaban J connectivity index is 1.35. The summed E-state index contributed by atoms with van der Waals surface area (Å²) in [7, 11) is 3.06. The molecule has 0 bridgehead atoms. The number of rotatable bonds is 12. The SMILES string of the molecule is COc1ccccc1NC(=O)COC(=O)CCCC(=O)Nc1ccc(Oc2ccccc2OC)cc1. The summed E-state index contributed by atoms with van der Waals surface area (Å²) in [4.78, 5) is 36.1. The van der Waals surface area contributed by atoms with E-state index in [0.29, 0.717) is 34.4 Å². The predicted molar refractivity (Wildman–Crippen MR) is 135 cm³/mol. The second-order valence-corrected chi connectivity index (χ2v) is 7.59. The number of carbonyl (C=O) groups excluding carboxylic acids is 3. The van der Waals surface area contributed by atoms with Gasteiger partial charge in [0.05, 0.1) is 19.9 Å². The molecule has 0 heterocycles. The van der Waals surface area contributed by atoms with Crippen molar-refractivity contribution in [2.75, 3.05) is 31.5 Å². The number of esters is 1. The van der Waals surface area contributed by atoms with E-state index in [-0.39, 0.29) is 25.2 Å². The van der Waals surface area contributed by atoms with Gasteiger partial charge in [-0.15, -0.1) is 0 Å². The minimum Gasteiger partial charge on any atom is -0.495 e. The molecule has 0 aliphatic rings. The minimum absolute atomic E-state index is 0.0149. The summed E-state index contributed by atoms with van der Waals surface area (Å²) in [6.07, 6.45) is 0.427. The summed E-state index contributed by atoms with van der Waals surface area (Å²) in [5, 5.41) is 5.39. The van der Waals surface area contributed by atoms with Crippen molar-refractivity contribution < 1.29 is 33.3 Å². The highest BCUT2D eigenvalue weighted by molar-refractivity contribution is 5.94. The summed E-state index contributed by atoms with van der Waals surface area (Å²) in [6.45, 7) is -0.424. The topological polar surface area (TPSA) is 112 Å². The molecule has 9 heteroatoms. The number of ether oxygens (including phenoxy) is 4. The number of hydrogen-bond donors (Lipinski definition) is 2. The quantitative estimate of drug-likeness (QED) is 0.350. The molecule has 0 radical (unpaired) electrons. The Labute approximate surface area is 209 Å². The van der Waals surface area contributed by atoms with Crippen LogP contribution in [0.3, 0.4) is 0 Å². The number of carbonyl (C=O) groups is 3. The first kappa shape index (κ1) is 26.1. The first-order chi connectivity index (χ1) is 17.5. The molecular weight excluding hydrogens is 464 g/mol. The summed E-state index contributed by atoms with van der Waals surface area (Å²) < 4.78 is 21.2. The highest BCUT2D eigenvalue weighted by Crippen LogP contribution is 2.31. The molecule has 0 spiro atoms. The Morgan fingerprint density at radius 2 is 1.33 bits per heavy atom. The Bertz CT molecular complexity index is 1180. The van der Waals surface area contributed by atoms with Crippen LogP contribution in [0.4, 0.5) is 11.4 Å². The van der Waals surface area contributed by atoms with Crippen molar-refractivity contribution in [2.24, 2.45) is 0 Å². The van der Waals surface area contributed by atoms with Gasteiger partial charge < -0.3 is 29.6 Å². The first-order valence-corrected chi connectivity index (χ1v) is 11.3. The van der Waals surface area contributed by atoms with E-state index in [4.69, 9.17) is 18.9 Å². The maximum absolute atomic E-state index is 12.2. The summed E-state index contributed by atoms with van der Waals surface area (Å²) >= 11 is 0. The van der Waals surface area contributed by atoms with Crippen LogP contribution in [0.2, 0.25) is 0 Å². The number of hydrogen-bond acceptors (Lipinski definition) is 7. The molecule has 0 fully saturated rings. The Kier molecular flexibility index (Phi) is 9.69. The van der Waals surface area contributed by atoms with Crippen LogP contribution in [-0.4, -0.2) is 38.6 Å². The Morgan fingerprint density at radius 3 is 2.03 bits per heavy atom. The molecule has 3 aromatic carbocycles. The summed E-state index contributed by atoms with van der Waals surface area (Å²) in [5.41, 5.74) is 1.08. The van der Waals surface area contributed by atoms with Crippen molar-refractivity contribution in [2.45, 2.75) is 19.3 Å². The normalized spacial score (nSPS) is 10.2. The van der Waals surface area contributed by atoms with Gasteiger partial charge in [-0.25, -0.2) is 0 Å².